The molecular weight excluding hydrogens is 346 g/mol. The number of nitrogens with one attached hydrogen (secondary N) is 1. The van der Waals surface area contributed by atoms with Gasteiger partial charge in [0.25, 0.3) is 0 Å². The lowest BCUT2D eigenvalue weighted by Crippen LogP contribution is -2.11. The lowest BCUT2D eigenvalue weighted by atomic mass is 10.0. The number of hydrogen-bond acceptors (Lipinski definition) is 3. The van der Waals surface area contributed by atoms with Crippen molar-refractivity contribution in [2.75, 3.05) is 5.32 Å². The third-order valence-corrected chi connectivity index (χ3v) is 5.60. The molecule has 0 amide bonds. The SMILES string of the molecule is CCC(Nc1cn(C)nc1C1CCCC1)c1ccc(Oc2ccccc2)cc1. The standard InChI is InChI=1S/C24H29N3O/c1-3-22(25-23-17-27(2)26-24(23)19-9-7-8-10-19)18-13-15-21(16-14-18)28-20-11-5-4-6-12-20/h4-6,11-17,19,22,25H,3,7-10H2,1-2H3. The number of aryl methyl sites for hydroxylation is 1. The Kier molecular flexibility index (Phi) is 5.65. The number of ether oxygens (including phenoxy) is 1. The fraction of sp³-hybridized carbons (Fsp3) is 0.375. The molecule has 0 spiro atoms. The van der Waals surface area contributed by atoms with Crippen LogP contribution >= 0.6 is 0 Å². The highest BCUT2D eigenvalue weighted by molar-refractivity contribution is 5.50. The zero-order valence-electron chi connectivity index (χ0n) is 16.8. The highest BCUT2D eigenvalue weighted by Crippen LogP contribution is 2.38. The van der Waals surface area contributed by atoms with Gasteiger partial charge in [-0.1, -0.05) is 50.1 Å². The summed E-state index contributed by atoms with van der Waals surface area (Å²) in [5.41, 5.74) is 3.69. The minimum atomic E-state index is 0.259. The van der Waals surface area contributed by atoms with Gasteiger partial charge in [0.2, 0.25) is 0 Å². The van der Waals surface area contributed by atoms with Gasteiger partial charge in [0, 0.05) is 19.2 Å². The average molecular weight is 376 g/mol. The van der Waals surface area contributed by atoms with Crippen molar-refractivity contribution >= 4 is 5.69 Å². The van der Waals surface area contributed by atoms with Gasteiger partial charge in [-0.15, -0.1) is 0 Å². The average Bonchev–Trinajstić information content (AvgIpc) is 3.37. The Hall–Kier alpha value is -2.75. The van der Waals surface area contributed by atoms with Gasteiger partial charge in [-0.2, -0.15) is 5.10 Å². The topological polar surface area (TPSA) is 39.1 Å². The first-order valence-electron chi connectivity index (χ1n) is 10.4. The number of rotatable bonds is 7. The van der Waals surface area contributed by atoms with E-state index in [2.05, 4.69) is 30.6 Å². The monoisotopic (exact) mass is 375 g/mol. The van der Waals surface area contributed by atoms with Crippen molar-refractivity contribution in [1.82, 2.24) is 9.78 Å². The first-order chi connectivity index (χ1) is 13.7. The molecule has 3 aromatic rings. The predicted octanol–water partition coefficient (Wildman–Crippen LogP) is 6.43. The molecule has 0 saturated heterocycles. The number of nitrogens with zero attached hydrogens (tertiary/aromatic N) is 2. The number of aromatic nitrogens is 2. The van der Waals surface area contributed by atoms with Gasteiger partial charge in [0.1, 0.15) is 11.5 Å². The number of anilines is 1. The van der Waals surface area contributed by atoms with Gasteiger partial charge < -0.3 is 10.1 Å². The summed E-state index contributed by atoms with van der Waals surface area (Å²) in [6.45, 7) is 2.22. The molecule has 1 saturated carbocycles. The highest BCUT2D eigenvalue weighted by Gasteiger charge is 2.24. The summed E-state index contributed by atoms with van der Waals surface area (Å²) in [6, 6.07) is 18.6. The minimum Gasteiger partial charge on any atom is -0.457 e. The lowest BCUT2D eigenvalue weighted by molar-refractivity contribution is 0.482. The van der Waals surface area contributed by atoms with Crippen molar-refractivity contribution in [1.29, 1.82) is 0 Å². The van der Waals surface area contributed by atoms with Gasteiger partial charge in [-0.05, 0) is 49.1 Å². The van der Waals surface area contributed by atoms with Crippen LogP contribution < -0.4 is 10.1 Å². The van der Waals surface area contributed by atoms with Gasteiger partial charge >= 0.3 is 0 Å². The smallest absolute Gasteiger partial charge is 0.127 e. The van der Waals surface area contributed by atoms with Gasteiger partial charge in [-0.3, -0.25) is 4.68 Å². The van der Waals surface area contributed by atoms with Gasteiger partial charge in [0.05, 0.1) is 17.4 Å². The second kappa shape index (κ2) is 8.51. The van der Waals surface area contributed by atoms with E-state index in [0.29, 0.717) is 5.92 Å². The maximum atomic E-state index is 5.92. The summed E-state index contributed by atoms with van der Waals surface area (Å²) in [4.78, 5) is 0. The summed E-state index contributed by atoms with van der Waals surface area (Å²) in [7, 11) is 2.01. The molecule has 0 bridgehead atoms. The van der Waals surface area contributed by atoms with E-state index in [1.807, 2.05) is 54.2 Å². The van der Waals surface area contributed by atoms with Crippen LogP contribution in [0.1, 0.15) is 62.2 Å². The third-order valence-electron chi connectivity index (χ3n) is 5.60. The highest BCUT2D eigenvalue weighted by atomic mass is 16.5. The van der Waals surface area contributed by atoms with Crippen LogP contribution in [0.3, 0.4) is 0 Å². The molecule has 1 N–H and O–H groups in total. The summed E-state index contributed by atoms with van der Waals surface area (Å²) < 4.78 is 7.87. The molecule has 0 aliphatic heterocycles. The van der Waals surface area contributed by atoms with E-state index in [4.69, 9.17) is 9.84 Å². The Balaban J connectivity index is 1.48. The molecule has 2 aromatic carbocycles. The summed E-state index contributed by atoms with van der Waals surface area (Å²) >= 11 is 0. The Morgan fingerprint density at radius 1 is 1.04 bits per heavy atom. The molecule has 4 rings (SSSR count). The molecule has 1 unspecified atom stereocenters. The molecule has 4 heteroatoms. The van der Waals surface area contributed by atoms with Crippen molar-refractivity contribution in [3.8, 4) is 11.5 Å². The molecule has 146 valence electrons. The van der Waals surface area contributed by atoms with Crippen LogP contribution in [-0.4, -0.2) is 9.78 Å². The van der Waals surface area contributed by atoms with E-state index >= 15 is 0 Å². The first-order valence-corrected chi connectivity index (χ1v) is 10.4. The third kappa shape index (κ3) is 4.22. The normalized spacial score (nSPS) is 15.5. The lowest BCUT2D eigenvalue weighted by Gasteiger charge is -2.20. The Morgan fingerprint density at radius 2 is 1.71 bits per heavy atom. The molecule has 1 aliphatic rings. The van der Waals surface area contributed by atoms with Crippen LogP contribution in [0.2, 0.25) is 0 Å². The predicted molar refractivity (Wildman–Crippen MR) is 114 cm³/mol. The van der Waals surface area contributed by atoms with Gasteiger partial charge in [0.15, 0.2) is 0 Å². The molecule has 4 nitrogen and oxygen atoms in total. The Morgan fingerprint density at radius 3 is 2.39 bits per heavy atom. The molecule has 1 aromatic heterocycles. The Bertz CT molecular complexity index is 880. The summed E-state index contributed by atoms with van der Waals surface area (Å²) in [5, 5.41) is 8.53. The number of benzene rings is 2. The molecule has 28 heavy (non-hydrogen) atoms. The van der Waals surface area contributed by atoms with Crippen LogP contribution in [0.4, 0.5) is 5.69 Å². The van der Waals surface area contributed by atoms with Crippen molar-refractivity contribution in [3.05, 3.63) is 72.1 Å². The second-order valence-corrected chi connectivity index (χ2v) is 7.67. The first kappa shape index (κ1) is 18.6. The largest absolute Gasteiger partial charge is 0.457 e. The van der Waals surface area contributed by atoms with E-state index in [-0.39, 0.29) is 6.04 Å². The maximum Gasteiger partial charge on any atom is 0.127 e. The zero-order chi connectivity index (χ0) is 19.3. The fourth-order valence-electron chi connectivity index (χ4n) is 4.12. The van der Waals surface area contributed by atoms with Crippen molar-refractivity contribution < 1.29 is 4.74 Å². The van der Waals surface area contributed by atoms with Crippen molar-refractivity contribution in [2.45, 2.75) is 51.0 Å². The molecule has 1 heterocycles. The molecule has 1 atom stereocenters. The number of hydrogen-bond donors (Lipinski definition) is 1. The Labute approximate surface area is 167 Å². The van der Waals surface area contributed by atoms with Crippen LogP contribution in [0.15, 0.2) is 60.8 Å². The van der Waals surface area contributed by atoms with Crippen LogP contribution in [-0.2, 0) is 7.05 Å². The van der Waals surface area contributed by atoms with Crippen LogP contribution in [0, 0.1) is 0 Å². The van der Waals surface area contributed by atoms with E-state index in [1.54, 1.807) is 0 Å². The van der Waals surface area contributed by atoms with Gasteiger partial charge in [-0.25, -0.2) is 0 Å². The van der Waals surface area contributed by atoms with E-state index in [9.17, 15) is 0 Å². The maximum absolute atomic E-state index is 5.92. The fourth-order valence-corrected chi connectivity index (χ4v) is 4.12. The minimum absolute atomic E-state index is 0.259. The van der Waals surface area contributed by atoms with E-state index < -0.39 is 0 Å². The molecular formula is C24H29N3O. The zero-order valence-corrected chi connectivity index (χ0v) is 16.8. The van der Waals surface area contributed by atoms with Crippen molar-refractivity contribution in [3.63, 3.8) is 0 Å². The molecule has 0 radical (unpaired) electrons. The molecule has 1 aliphatic carbocycles. The van der Waals surface area contributed by atoms with E-state index in [1.165, 1.54) is 42.6 Å². The quantitative estimate of drug-likeness (QED) is 0.517. The summed E-state index contributed by atoms with van der Waals surface area (Å²) in [5.74, 6) is 2.32. The van der Waals surface area contributed by atoms with E-state index in [0.717, 1.165) is 17.9 Å². The van der Waals surface area contributed by atoms with Crippen LogP contribution in [0.5, 0.6) is 11.5 Å². The second-order valence-electron chi connectivity index (χ2n) is 7.67. The van der Waals surface area contributed by atoms with Crippen molar-refractivity contribution in [2.24, 2.45) is 7.05 Å². The molecule has 1 fully saturated rings. The summed E-state index contributed by atoms with van der Waals surface area (Å²) in [6.07, 6.45) is 8.30. The number of para-hydroxylation sites is 1. The van der Waals surface area contributed by atoms with Crippen LogP contribution in [0.25, 0.3) is 0 Å².